The van der Waals surface area contributed by atoms with Gasteiger partial charge in [0.05, 0.1) is 14.2 Å². The van der Waals surface area contributed by atoms with Gasteiger partial charge in [-0.1, -0.05) is 26.8 Å². The first-order valence-electron chi connectivity index (χ1n) is 7.39. The van der Waals surface area contributed by atoms with Crippen molar-refractivity contribution in [2.24, 2.45) is 11.3 Å². The first kappa shape index (κ1) is 15.2. The Morgan fingerprint density at radius 3 is 2.50 bits per heavy atom. The van der Waals surface area contributed by atoms with E-state index < -0.39 is 0 Å². The maximum absolute atomic E-state index is 5.45. The van der Waals surface area contributed by atoms with Gasteiger partial charge in [-0.2, -0.15) is 0 Å². The number of rotatable bonds is 5. The van der Waals surface area contributed by atoms with Crippen LogP contribution in [0.5, 0.6) is 11.5 Å². The molecule has 112 valence electrons. The first-order chi connectivity index (χ1) is 9.45. The molecule has 1 aliphatic rings. The van der Waals surface area contributed by atoms with Crippen molar-refractivity contribution < 1.29 is 9.47 Å². The lowest BCUT2D eigenvalue weighted by atomic mass is 9.91. The predicted octanol–water partition coefficient (Wildman–Crippen LogP) is 3.62. The Morgan fingerprint density at radius 2 is 1.95 bits per heavy atom. The molecule has 1 aromatic rings. The van der Waals surface area contributed by atoms with Gasteiger partial charge in [-0.25, -0.2) is 0 Å². The highest BCUT2D eigenvalue weighted by Crippen LogP contribution is 2.41. The Labute approximate surface area is 122 Å². The lowest BCUT2D eigenvalue weighted by Gasteiger charge is -2.19. The summed E-state index contributed by atoms with van der Waals surface area (Å²) in [4.78, 5) is 0. The van der Waals surface area contributed by atoms with Crippen molar-refractivity contribution >= 4 is 0 Å². The number of ether oxygens (including phenoxy) is 2. The Kier molecular flexibility index (Phi) is 4.59. The van der Waals surface area contributed by atoms with Crippen LogP contribution in [0.25, 0.3) is 0 Å². The summed E-state index contributed by atoms with van der Waals surface area (Å²) in [6.45, 7) is 7.91. The molecule has 1 aliphatic carbocycles. The van der Waals surface area contributed by atoms with E-state index in [-0.39, 0.29) is 0 Å². The van der Waals surface area contributed by atoms with Crippen molar-refractivity contribution in [3.63, 3.8) is 0 Å². The highest BCUT2D eigenvalue weighted by molar-refractivity contribution is 5.40. The zero-order valence-electron chi connectivity index (χ0n) is 13.3. The van der Waals surface area contributed by atoms with Gasteiger partial charge < -0.3 is 14.8 Å². The average molecular weight is 277 g/mol. The molecule has 0 amide bonds. The minimum atomic E-state index is 0.459. The van der Waals surface area contributed by atoms with Gasteiger partial charge in [-0.05, 0) is 30.2 Å². The number of benzene rings is 1. The third-order valence-electron chi connectivity index (χ3n) is 4.38. The fourth-order valence-corrected chi connectivity index (χ4v) is 3.41. The largest absolute Gasteiger partial charge is 0.497 e. The Bertz CT molecular complexity index is 456. The van der Waals surface area contributed by atoms with Crippen LogP contribution < -0.4 is 14.8 Å². The van der Waals surface area contributed by atoms with Gasteiger partial charge in [0.1, 0.15) is 11.5 Å². The van der Waals surface area contributed by atoms with Crippen molar-refractivity contribution in [2.45, 2.75) is 46.2 Å². The predicted molar refractivity (Wildman–Crippen MR) is 82.4 cm³/mol. The Balaban J connectivity index is 2.01. The minimum absolute atomic E-state index is 0.459. The van der Waals surface area contributed by atoms with Gasteiger partial charge in [-0.15, -0.1) is 0 Å². The molecule has 0 aliphatic heterocycles. The lowest BCUT2D eigenvalue weighted by molar-refractivity contribution is 0.361. The molecule has 3 heteroatoms. The molecule has 0 heterocycles. The monoisotopic (exact) mass is 277 g/mol. The van der Waals surface area contributed by atoms with Crippen molar-refractivity contribution in [2.75, 3.05) is 14.2 Å². The van der Waals surface area contributed by atoms with E-state index >= 15 is 0 Å². The number of hydrogen-bond acceptors (Lipinski definition) is 3. The van der Waals surface area contributed by atoms with Gasteiger partial charge in [-0.3, -0.25) is 0 Å². The molecule has 0 radical (unpaired) electrons. The van der Waals surface area contributed by atoms with Crippen LogP contribution in [0.15, 0.2) is 18.2 Å². The second kappa shape index (κ2) is 6.04. The summed E-state index contributed by atoms with van der Waals surface area (Å²) in [7, 11) is 3.38. The topological polar surface area (TPSA) is 30.5 Å². The zero-order chi connectivity index (χ0) is 14.8. The molecule has 2 unspecified atom stereocenters. The molecule has 1 N–H and O–H groups in total. The molecule has 1 aromatic carbocycles. The van der Waals surface area contributed by atoms with E-state index in [4.69, 9.17) is 9.47 Å². The molecule has 0 saturated heterocycles. The fourth-order valence-electron chi connectivity index (χ4n) is 3.41. The fraction of sp³-hybridized carbons (Fsp3) is 0.647. The number of nitrogens with one attached hydrogen (secondary N) is 1. The molecule has 0 bridgehead atoms. The smallest absolute Gasteiger partial charge is 0.127 e. The third-order valence-corrected chi connectivity index (χ3v) is 4.38. The van der Waals surface area contributed by atoms with Crippen LogP contribution in [0, 0.1) is 11.3 Å². The van der Waals surface area contributed by atoms with E-state index in [9.17, 15) is 0 Å². The summed E-state index contributed by atoms with van der Waals surface area (Å²) < 4.78 is 10.7. The zero-order valence-corrected chi connectivity index (χ0v) is 13.3. The van der Waals surface area contributed by atoms with Crippen LogP contribution in [0.2, 0.25) is 0 Å². The van der Waals surface area contributed by atoms with E-state index in [1.807, 2.05) is 12.1 Å². The van der Waals surface area contributed by atoms with Crippen LogP contribution in [0.3, 0.4) is 0 Å². The van der Waals surface area contributed by atoms with Crippen LogP contribution in [0.1, 0.15) is 39.2 Å². The Hall–Kier alpha value is -1.22. The molecular formula is C17H27NO2. The van der Waals surface area contributed by atoms with Crippen LogP contribution in [-0.4, -0.2) is 20.3 Å². The molecule has 0 spiro atoms. The second-order valence-corrected chi connectivity index (χ2v) is 6.71. The van der Waals surface area contributed by atoms with Gasteiger partial charge in [0.2, 0.25) is 0 Å². The molecule has 1 saturated carbocycles. The number of methoxy groups -OCH3 is 2. The van der Waals surface area contributed by atoms with Crippen LogP contribution in [-0.2, 0) is 6.54 Å². The minimum Gasteiger partial charge on any atom is -0.497 e. The van der Waals surface area contributed by atoms with E-state index in [1.54, 1.807) is 14.2 Å². The van der Waals surface area contributed by atoms with Crippen molar-refractivity contribution in [3.8, 4) is 11.5 Å². The summed E-state index contributed by atoms with van der Waals surface area (Å²) in [6, 6.07) is 6.60. The third kappa shape index (κ3) is 3.45. The molecular weight excluding hydrogens is 250 g/mol. The summed E-state index contributed by atoms with van der Waals surface area (Å²) in [6.07, 6.45) is 2.54. The van der Waals surface area contributed by atoms with Gasteiger partial charge in [0.25, 0.3) is 0 Å². The van der Waals surface area contributed by atoms with Gasteiger partial charge in [0.15, 0.2) is 0 Å². The summed E-state index contributed by atoms with van der Waals surface area (Å²) in [5.74, 6) is 2.46. The van der Waals surface area contributed by atoms with Crippen LogP contribution >= 0.6 is 0 Å². The maximum Gasteiger partial charge on any atom is 0.127 e. The highest BCUT2D eigenvalue weighted by Gasteiger charge is 2.36. The summed E-state index contributed by atoms with van der Waals surface area (Å²) in [5, 5.41) is 3.69. The summed E-state index contributed by atoms with van der Waals surface area (Å²) in [5.41, 5.74) is 1.64. The van der Waals surface area contributed by atoms with E-state index in [0.717, 1.165) is 24.0 Å². The molecule has 1 fully saturated rings. The van der Waals surface area contributed by atoms with Gasteiger partial charge >= 0.3 is 0 Å². The van der Waals surface area contributed by atoms with E-state index in [2.05, 4.69) is 32.2 Å². The SMILES string of the molecule is COc1ccc(CNC2CC(C)(C)CC2C)c(OC)c1. The molecule has 2 rings (SSSR count). The normalized spacial score (nSPS) is 24.6. The maximum atomic E-state index is 5.45. The molecule has 3 nitrogen and oxygen atoms in total. The highest BCUT2D eigenvalue weighted by atomic mass is 16.5. The van der Waals surface area contributed by atoms with Crippen molar-refractivity contribution in [1.82, 2.24) is 5.32 Å². The van der Waals surface area contributed by atoms with Gasteiger partial charge in [0, 0.05) is 24.2 Å². The van der Waals surface area contributed by atoms with Crippen molar-refractivity contribution in [1.29, 1.82) is 0 Å². The average Bonchev–Trinajstić information content (AvgIpc) is 2.68. The second-order valence-electron chi connectivity index (χ2n) is 6.71. The van der Waals surface area contributed by atoms with E-state index in [0.29, 0.717) is 11.5 Å². The summed E-state index contributed by atoms with van der Waals surface area (Å²) >= 11 is 0. The molecule has 0 aromatic heterocycles. The molecule has 20 heavy (non-hydrogen) atoms. The standard InChI is InChI=1S/C17H27NO2/c1-12-9-17(2,3)10-15(12)18-11-13-6-7-14(19-4)8-16(13)20-5/h6-8,12,15,18H,9-11H2,1-5H3. The van der Waals surface area contributed by atoms with Crippen LogP contribution in [0.4, 0.5) is 0 Å². The Morgan fingerprint density at radius 1 is 1.20 bits per heavy atom. The van der Waals surface area contributed by atoms with E-state index in [1.165, 1.54) is 18.4 Å². The molecule has 2 atom stereocenters. The van der Waals surface area contributed by atoms with Crippen molar-refractivity contribution in [3.05, 3.63) is 23.8 Å². The quantitative estimate of drug-likeness (QED) is 0.891. The first-order valence-corrected chi connectivity index (χ1v) is 7.39. The lowest BCUT2D eigenvalue weighted by Crippen LogP contribution is -2.31. The number of hydrogen-bond donors (Lipinski definition) is 1.